The van der Waals surface area contributed by atoms with Gasteiger partial charge >= 0.3 is 0 Å². The van der Waals surface area contributed by atoms with Crippen LogP contribution in [0.3, 0.4) is 0 Å². The molecule has 0 N–H and O–H groups in total. The Morgan fingerprint density at radius 3 is 1.34 bits per heavy atom. The van der Waals surface area contributed by atoms with E-state index in [9.17, 15) is 0 Å². The molecule has 0 bridgehead atoms. The third kappa shape index (κ3) is 6.71. The Bertz CT molecular complexity index is 1310. The molecule has 38 heavy (non-hydrogen) atoms. The fourth-order valence-electron chi connectivity index (χ4n) is 4.48. The average molecular weight is 503 g/mol. The van der Waals surface area contributed by atoms with Crippen molar-refractivity contribution in [3.05, 3.63) is 121 Å². The molecule has 1 heteroatoms. The third-order valence-electron chi connectivity index (χ3n) is 7.76. The van der Waals surface area contributed by atoms with Crippen LogP contribution in [-0.4, -0.2) is 11.7 Å². The Hall–Kier alpha value is -3.42. The van der Waals surface area contributed by atoms with Crippen LogP contribution in [0.5, 0.6) is 0 Å². The lowest BCUT2D eigenvalue weighted by Gasteiger charge is -2.57. The smallest absolute Gasteiger partial charge is 0.0839 e. The molecule has 4 aromatic rings. The molecule has 0 spiro atoms. The van der Waals surface area contributed by atoms with Crippen molar-refractivity contribution in [2.24, 2.45) is 5.41 Å². The van der Waals surface area contributed by atoms with Gasteiger partial charge in [-0.15, -0.1) is 6.58 Å². The summed E-state index contributed by atoms with van der Waals surface area (Å²) in [5.41, 5.74) is 9.09. The second kappa shape index (κ2) is 12.0. The number of hydrogen-bond donors (Lipinski definition) is 0. The van der Waals surface area contributed by atoms with Gasteiger partial charge < -0.3 is 4.74 Å². The molecule has 0 aromatic heterocycles. The number of ether oxygens (including phenoxy) is 1. The van der Waals surface area contributed by atoms with E-state index >= 15 is 0 Å². The highest BCUT2D eigenvalue weighted by atomic mass is 16.5. The predicted octanol–water partition coefficient (Wildman–Crippen LogP) is 10.5. The zero-order valence-corrected chi connectivity index (χ0v) is 23.7. The summed E-state index contributed by atoms with van der Waals surface area (Å²) < 4.78 is 5.57. The maximum absolute atomic E-state index is 5.57. The molecular formula is C37H42O. The molecule has 1 aliphatic carbocycles. The lowest BCUT2D eigenvalue weighted by Crippen LogP contribution is -2.62. The maximum atomic E-state index is 5.57. The Balaban J connectivity index is 0.000000213. The minimum absolute atomic E-state index is 0.0197. The first-order valence-corrected chi connectivity index (χ1v) is 13.8. The van der Waals surface area contributed by atoms with Gasteiger partial charge in [0.05, 0.1) is 11.7 Å². The van der Waals surface area contributed by atoms with E-state index in [0.29, 0.717) is 0 Å². The third-order valence-corrected chi connectivity index (χ3v) is 7.76. The molecule has 1 unspecified atom stereocenters. The van der Waals surface area contributed by atoms with Gasteiger partial charge in [-0.2, -0.15) is 0 Å². The molecule has 1 nitrogen and oxygen atoms in total. The van der Waals surface area contributed by atoms with Gasteiger partial charge in [0, 0.05) is 5.41 Å². The van der Waals surface area contributed by atoms with E-state index < -0.39 is 0 Å². The SMILES string of the molecule is C1CC1.C=CC1OC(C)(C)C1(C)C.Cc1cc(-c2ccccc2)cc(-c2ccc(-c3ccccc3)cc2)c1. The van der Waals surface area contributed by atoms with E-state index in [0.717, 1.165) is 0 Å². The van der Waals surface area contributed by atoms with Gasteiger partial charge in [-0.3, -0.25) is 0 Å². The van der Waals surface area contributed by atoms with Crippen molar-refractivity contribution in [2.75, 3.05) is 0 Å². The molecule has 2 fully saturated rings. The van der Waals surface area contributed by atoms with Gasteiger partial charge in [-0.05, 0) is 65.8 Å². The molecule has 1 saturated heterocycles. The highest BCUT2D eigenvalue weighted by molar-refractivity contribution is 5.76. The van der Waals surface area contributed by atoms with Crippen LogP contribution in [0.4, 0.5) is 0 Å². The summed E-state index contributed by atoms with van der Waals surface area (Å²) in [6, 6.07) is 36.7. The summed E-state index contributed by atoms with van der Waals surface area (Å²) in [5.74, 6) is 0. The van der Waals surface area contributed by atoms with Crippen LogP contribution < -0.4 is 0 Å². The van der Waals surface area contributed by atoms with Crippen LogP contribution in [0, 0.1) is 12.3 Å². The Morgan fingerprint density at radius 2 is 1.00 bits per heavy atom. The number of aryl methyl sites for hydroxylation is 1. The molecular weight excluding hydrogens is 460 g/mol. The number of benzene rings is 4. The molecule has 0 radical (unpaired) electrons. The summed E-state index contributed by atoms with van der Waals surface area (Å²) >= 11 is 0. The zero-order chi connectivity index (χ0) is 27.2. The molecule has 196 valence electrons. The normalized spacial score (nSPS) is 18.0. The zero-order valence-electron chi connectivity index (χ0n) is 23.7. The van der Waals surface area contributed by atoms with Crippen LogP contribution in [0.2, 0.25) is 0 Å². The fraction of sp³-hybridized carbons (Fsp3) is 0.297. The highest BCUT2D eigenvalue weighted by Gasteiger charge is 2.54. The van der Waals surface area contributed by atoms with Gasteiger partial charge in [0.2, 0.25) is 0 Å². The number of rotatable bonds is 4. The second-order valence-corrected chi connectivity index (χ2v) is 11.5. The summed E-state index contributed by atoms with van der Waals surface area (Å²) in [7, 11) is 0. The van der Waals surface area contributed by atoms with E-state index in [1.807, 2.05) is 6.08 Å². The van der Waals surface area contributed by atoms with E-state index in [1.54, 1.807) is 0 Å². The lowest BCUT2D eigenvalue weighted by molar-refractivity contribution is -0.269. The molecule has 1 aliphatic heterocycles. The fourth-order valence-corrected chi connectivity index (χ4v) is 4.48. The summed E-state index contributed by atoms with van der Waals surface area (Å²) in [6.07, 6.45) is 6.62. The van der Waals surface area contributed by atoms with Gasteiger partial charge in [-0.1, -0.05) is 136 Å². The monoisotopic (exact) mass is 502 g/mol. The minimum atomic E-state index is 0.0197. The van der Waals surface area contributed by atoms with E-state index in [-0.39, 0.29) is 17.1 Å². The van der Waals surface area contributed by atoms with Gasteiger partial charge in [-0.25, -0.2) is 0 Å². The second-order valence-electron chi connectivity index (χ2n) is 11.5. The van der Waals surface area contributed by atoms with Crippen LogP contribution in [0.1, 0.15) is 52.5 Å². The Kier molecular flexibility index (Phi) is 8.69. The molecule has 1 heterocycles. The first-order valence-electron chi connectivity index (χ1n) is 13.8. The predicted molar refractivity (Wildman–Crippen MR) is 164 cm³/mol. The standard InChI is InChI=1S/C25H20.C9H16O.C3H6/c1-19-16-24(21-10-6-3-7-11-21)18-25(17-19)23-14-12-22(13-15-23)20-8-4-2-5-9-20;1-6-7-8(2,3)9(4,5)10-7;1-2-3-1/h2-18H,1H3;6-7H,1H2,2-5H3;1-3H2. The molecule has 0 amide bonds. The summed E-state index contributed by atoms with van der Waals surface area (Å²) in [4.78, 5) is 0. The van der Waals surface area contributed by atoms with Crippen LogP contribution in [-0.2, 0) is 4.74 Å². The number of hydrogen-bond acceptors (Lipinski definition) is 1. The Morgan fingerprint density at radius 1 is 0.605 bits per heavy atom. The maximum Gasteiger partial charge on any atom is 0.0839 e. The molecule has 4 aromatic carbocycles. The topological polar surface area (TPSA) is 9.23 Å². The van der Waals surface area contributed by atoms with Gasteiger partial charge in [0.25, 0.3) is 0 Å². The Labute approximate surface area is 230 Å². The molecule has 6 rings (SSSR count). The van der Waals surface area contributed by atoms with E-state index in [1.165, 1.54) is 58.2 Å². The quantitative estimate of drug-likeness (QED) is 0.252. The van der Waals surface area contributed by atoms with Crippen molar-refractivity contribution in [3.63, 3.8) is 0 Å². The highest BCUT2D eigenvalue weighted by Crippen LogP contribution is 2.49. The molecule has 1 saturated carbocycles. The molecule has 1 atom stereocenters. The first kappa shape index (κ1) is 27.6. The van der Waals surface area contributed by atoms with Crippen molar-refractivity contribution in [1.29, 1.82) is 0 Å². The van der Waals surface area contributed by atoms with Crippen molar-refractivity contribution < 1.29 is 4.74 Å². The lowest BCUT2D eigenvalue weighted by atomic mass is 9.67. The van der Waals surface area contributed by atoms with Crippen LogP contribution in [0.25, 0.3) is 33.4 Å². The van der Waals surface area contributed by atoms with Crippen molar-refractivity contribution in [1.82, 2.24) is 0 Å². The van der Waals surface area contributed by atoms with Crippen molar-refractivity contribution >= 4 is 0 Å². The van der Waals surface area contributed by atoms with Gasteiger partial charge in [0.15, 0.2) is 0 Å². The largest absolute Gasteiger partial charge is 0.367 e. The van der Waals surface area contributed by atoms with E-state index in [2.05, 4.69) is 144 Å². The average Bonchev–Trinajstić information content (AvgIpc) is 3.83. The van der Waals surface area contributed by atoms with Crippen LogP contribution in [0.15, 0.2) is 116 Å². The van der Waals surface area contributed by atoms with Crippen LogP contribution >= 0.6 is 0 Å². The summed E-state index contributed by atoms with van der Waals surface area (Å²) in [5, 5.41) is 0. The first-order chi connectivity index (χ1) is 18.2. The molecule has 2 aliphatic rings. The van der Waals surface area contributed by atoms with Crippen molar-refractivity contribution in [2.45, 2.75) is 65.6 Å². The van der Waals surface area contributed by atoms with Gasteiger partial charge in [0.1, 0.15) is 0 Å². The summed E-state index contributed by atoms with van der Waals surface area (Å²) in [6.45, 7) is 14.5. The van der Waals surface area contributed by atoms with E-state index in [4.69, 9.17) is 4.74 Å². The minimum Gasteiger partial charge on any atom is -0.367 e. The van der Waals surface area contributed by atoms with Crippen molar-refractivity contribution in [3.8, 4) is 33.4 Å².